The highest BCUT2D eigenvalue weighted by molar-refractivity contribution is 7.99. The van der Waals surface area contributed by atoms with Gasteiger partial charge in [0.2, 0.25) is 5.91 Å². The van der Waals surface area contributed by atoms with Gasteiger partial charge in [-0.3, -0.25) is 14.3 Å². The van der Waals surface area contributed by atoms with Crippen molar-refractivity contribution in [3.8, 4) is 17.1 Å². The van der Waals surface area contributed by atoms with Gasteiger partial charge in [-0.05, 0) is 43.7 Å². The lowest BCUT2D eigenvalue weighted by Crippen LogP contribution is -2.24. The molecule has 0 spiro atoms. The number of rotatable bonds is 6. The van der Waals surface area contributed by atoms with Crippen LogP contribution in [0.5, 0.6) is 0 Å². The minimum atomic E-state index is -0.0414. The number of hydrogen-bond acceptors (Lipinski definition) is 5. The van der Waals surface area contributed by atoms with E-state index in [0.29, 0.717) is 22.5 Å². The standard InChI is InChI=1S/C18H18ClN5OS/c1-3-21-16(25)11-26-18-23-22-17(13-7-9-20-10-8-13)24(18)15-6-4-5-14(19)12(15)2/h4-10H,3,11H2,1-2H3,(H,21,25). The van der Waals surface area contributed by atoms with Crippen molar-refractivity contribution in [3.63, 3.8) is 0 Å². The molecule has 0 aliphatic rings. The number of nitrogens with one attached hydrogen (secondary N) is 1. The molecule has 0 aliphatic heterocycles. The van der Waals surface area contributed by atoms with E-state index in [1.54, 1.807) is 12.4 Å². The second kappa shape index (κ2) is 8.33. The van der Waals surface area contributed by atoms with Crippen molar-refractivity contribution in [1.29, 1.82) is 0 Å². The van der Waals surface area contributed by atoms with Crippen molar-refractivity contribution in [2.24, 2.45) is 0 Å². The number of benzene rings is 1. The van der Waals surface area contributed by atoms with E-state index in [-0.39, 0.29) is 11.7 Å². The quantitative estimate of drug-likeness (QED) is 0.655. The van der Waals surface area contributed by atoms with Crippen molar-refractivity contribution < 1.29 is 4.79 Å². The van der Waals surface area contributed by atoms with Crippen LogP contribution in [-0.2, 0) is 4.79 Å². The van der Waals surface area contributed by atoms with Gasteiger partial charge in [-0.1, -0.05) is 29.4 Å². The summed E-state index contributed by atoms with van der Waals surface area (Å²) in [7, 11) is 0. The predicted octanol–water partition coefficient (Wildman–Crippen LogP) is 3.52. The zero-order valence-electron chi connectivity index (χ0n) is 14.4. The maximum Gasteiger partial charge on any atom is 0.230 e. The molecule has 0 fully saturated rings. The molecular formula is C18H18ClN5OS. The maximum atomic E-state index is 11.8. The van der Waals surface area contributed by atoms with Crippen LogP contribution in [0.15, 0.2) is 47.9 Å². The van der Waals surface area contributed by atoms with E-state index >= 15 is 0 Å². The molecule has 0 unspecified atom stereocenters. The smallest absolute Gasteiger partial charge is 0.230 e. The van der Waals surface area contributed by atoms with Gasteiger partial charge in [0, 0.05) is 29.5 Å². The van der Waals surface area contributed by atoms with Gasteiger partial charge in [0.15, 0.2) is 11.0 Å². The highest BCUT2D eigenvalue weighted by Gasteiger charge is 2.19. The average Bonchev–Trinajstić information content (AvgIpc) is 3.07. The van der Waals surface area contributed by atoms with E-state index in [9.17, 15) is 4.79 Å². The molecule has 3 aromatic rings. The molecule has 1 amide bonds. The van der Waals surface area contributed by atoms with Crippen molar-refractivity contribution >= 4 is 29.3 Å². The van der Waals surface area contributed by atoms with E-state index in [2.05, 4.69) is 20.5 Å². The lowest BCUT2D eigenvalue weighted by molar-refractivity contribution is -0.118. The van der Waals surface area contributed by atoms with Crippen LogP contribution >= 0.6 is 23.4 Å². The first-order chi connectivity index (χ1) is 12.6. The van der Waals surface area contributed by atoms with Crippen LogP contribution in [0.2, 0.25) is 5.02 Å². The second-order valence-corrected chi connectivity index (χ2v) is 6.85. The minimum Gasteiger partial charge on any atom is -0.356 e. The molecule has 8 heteroatoms. The molecule has 1 N–H and O–H groups in total. The largest absolute Gasteiger partial charge is 0.356 e. The predicted molar refractivity (Wildman–Crippen MR) is 104 cm³/mol. The van der Waals surface area contributed by atoms with E-state index in [1.165, 1.54) is 11.8 Å². The minimum absolute atomic E-state index is 0.0414. The molecule has 0 radical (unpaired) electrons. The molecule has 2 aromatic heterocycles. The van der Waals surface area contributed by atoms with Crippen molar-refractivity contribution in [3.05, 3.63) is 53.3 Å². The van der Waals surface area contributed by atoms with E-state index in [4.69, 9.17) is 11.6 Å². The monoisotopic (exact) mass is 387 g/mol. The number of carbonyl (C=O) groups is 1. The van der Waals surface area contributed by atoms with Crippen LogP contribution in [-0.4, -0.2) is 38.0 Å². The first-order valence-corrected chi connectivity index (χ1v) is 9.49. The Bertz CT molecular complexity index is 913. The summed E-state index contributed by atoms with van der Waals surface area (Å²) < 4.78 is 1.93. The van der Waals surface area contributed by atoms with E-state index < -0.39 is 0 Å². The Morgan fingerprint density at radius 2 is 2.00 bits per heavy atom. The molecule has 0 atom stereocenters. The Morgan fingerprint density at radius 1 is 1.23 bits per heavy atom. The van der Waals surface area contributed by atoms with Crippen LogP contribution in [0, 0.1) is 6.92 Å². The summed E-state index contributed by atoms with van der Waals surface area (Å²) in [5.74, 6) is 0.901. The van der Waals surface area contributed by atoms with Crippen molar-refractivity contribution in [2.45, 2.75) is 19.0 Å². The van der Waals surface area contributed by atoms with Crippen LogP contribution < -0.4 is 5.32 Å². The molecular weight excluding hydrogens is 370 g/mol. The zero-order chi connectivity index (χ0) is 18.5. The number of thioether (sulfide) groups is 1. The molecule has 134 valence electrons. The van der Waals surface area contributed by atoms with Crippen LogP contribution in [0.1, 0.15) is 12.5 Å². The number of pyridine rings is 1. The van der Waals surface area contributed by atoms with Crippen LogP contribution in [0.25, 0.3) is 17.1 Å². The summed E-state index contributed by atoms with van der Waals surface area (Å²) in [6, 6.07) is 9.44. The fourth-order valence-corrected chi connectivity index (χ4v) is 3.43. The SMILES string of the molecule is CCNC(=O)CSc1nnc(-c2ccncc2)n1-c1cccc(Cl)c1C. The summed E-state index contributed by atoms with van der Waals surface area (Å²) in [6.45, 7) is 4.44. The molecule has 26 heavy (non-hydrogen) atoms. The third-order valence-corrected chi connectivity index (χ3v) is 5.10. The lowest BCUT2D eigenvalue weighted by atomic mass is 10.2. The summed E-state index contributed by atoms with van der Waals surface area (Å²) >= 11 is 7.65. The Kier molecular flexibility index (Phi) is 5.90. The Hall–Kier alpha value is -2.38. The van der Waals surface area contributed by atoms with Gasteiger partial charge in [0.1, 0.15) is 0 Å². The van der Waals surface area contributed by atoms with E-state index in [1.807, 2.05) is 48.7 Å². The second-order valence-electron chi connectivity index (χ2n) is 5.50. The first kappa shape index (κ1) is 18.4. The maximum absolute atomic E-state index is 11.8. The number of halogens is 1. The van der Waals surface area contributed by atoms with Crippen LogP contribution in [0.3, 0.4) is 0 Å². The molecule has 2 heterocycles. The van der Waals surface area contributed by atoms with Crippen molar-refractivity contribution in [2.75, 3.05) is 12.3 Å². The number of nitrogens with zero attached hydrogens (tertiary/aromatic N) is 4. The third-order valence-electron chi connectivity index (χ3n) is 3.76. The van der Waals surface area contributed by atoms with Crippen LogP contribution in [0.4, 0.5) is 0 Å². The first-order valence-electron chi connectivity index (χ1n) is 8.12. The fraction of sp³-hybridized carbons (Fsp3) is 0.222. The number of hydrogen-bond donors (Lipinski definition) is 1. The van der Waals surface area contributed by atoms with Gasteiger partial charge in [0.05, 0.1) is 11.4 Å². The summed E-state index contributed by atoms with van der Waals surface area (Å²) in [6.07, 6.45) is 3.42. The fourth-order valence-electron chi connectivity index (χ4n) is 2.49. The highest BCUT2D eigenvalue weighted by atomic mass is 35.5. The number of carbonyl (C=O) groups excluding carboxylic acids is 1. The highest BCUT2D eigenvalue weighted by Crippen LogP contribution is 2.31. The molecule has 0 saturated carbocycles. The summed E-state index contributed by atoms with van der Waals surface area (Å²) in [5, 5.41) is 12.7. The number of amides is 1. The Balaban J connectivity index is 2.07. The molecule has 0 aliphatic carbocycles. The number of aromatic nitrogens is 4. The normalized spacial score (nSPS) is 10.7. The van der Waals surface area contributed by atoms with Gasteiger partial charge in [-0.15, -0.1) is 10.2 Å². The summed E-state index contributed by atoms with van der Waals surface area (Å²) in [4.78, 5) is 15.9. The van der Waals surface area contributed by atoms with Gasteiger partial charge in [-0.2, -0.15) is 0 Å². The van der Waals surface area contributed by atoms with E-state index in [0.717, 1.165) is 16.8 Å². The van der Waals surface area contributed by atoms with Gasteiger partial charge < -0.3 is 5.32 Å². The Morgan fingerprint density at radius 3 is 2.73 bits per heavy atom. The molecule has 3 rings (SSSR count). The molecule has 0 bridgehead atoms. The molecule has 6 nitrogen and oxygen atoms in total. The van der Waals surface area contributed by atoms with Gasteiger partial charge >= 0.3 is 0 Å². The zero-order valence-corrected chi connectivity index (χ0v) is 16.0. The van der Waals surface area contributed by atoms with Crippen molar-refractivity contribution in [1.82, 2.24) is 25.1 Å². The third kappa shape index (κ3) is 3.89. The average molecular weight is 388 g/mol. The Labute approximate surface area is 161 Å². The van der Waals surface area contributed by atoms with Gasteiger partial charge in [-0.25, -0.2) is 0 Å². The molecule has 1 aromatic carbocycles. The topological polar surface area (TPSA) is 72.7 Å². The lowest BCUT2D eigenvalue weighted by Gasteiger charge is -2.13. The van der Waals surface area contributed by atoms with Gasteiger partial charge in [0.25, 0.3) is 0 Å². The molecule has 0 saturated heterocycles. The summed E-state index contributed by atoms with van der Waals surface area (Å²) in [5.41, 5.74) is 2.69.